The third-order valence-electron chi connectivity index (χ3n) is 2.07. The molecule has 2 heterocycles. The number of nitrogens with zero attached hydrogens (tertiary/aromatic N) is 1. The minimum Gasteiger partial charge on any atom is -0.397 e. The molecular formula is C11H12N2S. The number of nitrogens with two attached hydrogens (primary N) is 1. The van der Waals surface area contributed by atoms with Crippen LogP contribution >= 0.6 is 11.3 Å². The Morgan fingerprint density at radius 1 is 1.29 bits per heavy atom. The number of hydrogen-bond donors (Lipinski definition) is 1. The standard InChI is InChI=1S/C11H12N2S/c1-7-5-9(12)6-13-11(7)10-4-3-8(2)14-10/h3-6H,12H2,1-2H3. The Kier molecular flexibility index (Phi) is 2.25. The zero-order valence-electron chi connectivity index (χ0n) is 8.24. The Morgan fingerprint density at radius 2 is 2.07 bits per heavy atom. The van der Waals surface area contributed by atoms with E-state index < -0.39 is 0 Å². The molecule has 14 heavy (non-hydrogen) atoms. The van der Waals surface area contributed by atoms with Crippen molar-refractivity contribution >= 4 is 17.0 Å². The van der Waals surface area contributed by atoms with Crippen molar-refractivity contribution in [3.63, 3.8) is 0 Å². The van der Waals surface area contributed by atoms with Crippen LogP contribution in [0.4, 0.5) is 5.69 Å². The Morgan fingerprint density at radius 3 is 2.64 bits per heavy atom. The topological polar surface area (TPSA) is 38.9 Å². The largest absolute Gasteiger partial charge is 0.397 e. The lowest BCUT2D eigenvalue weighted by atomic mass is 10.2. The summed E-state index contributed by atoms with van der Waals surface area (Å²) >= 11 is 1.76. The van der Waals surface area contributed by atoms with E-state index in [0.29, 0.717) is 0 Å². The van der Waals surface area contributed by atoms with Gasteiger partial charge < -0.3 is 5.73 Å². The lowest BCUT2D eigenvalue weighted by molar-refractivity contribution is 1.29. The molecule has 0 aliphatic carbocycles. The Labute approximate surface area is 87.4 Å². The number of pyridine rings is 1. The van der Waals surface area contributed by atoms with E-state index in [2.05, 4.69) is 24.0 Å². The summed E-state index contributed by atoms with van der Waals surface area (Å²) in [6, 6.07) is 6.17. The average Bonchev–Trinajstić information content (AvgIpc) is 2.51. The molecule has 0 bridgehead atoms. The SMILES string of the molecule is Cc1ccc(-c2ncc(N)cc2C)s1. The van der Waals surface area contributed by atoms with E-state index in [4.69, 9.17) is 5.73 Å². The molecule has 2 nitrogen and oxygen atoms in total. The first-order valence-corrected chi connectivity index (χ1v) is 5.27. The van der Waals surface area contributed by atoms with Crippen molar-refractivity contribution in [1.82, 2.24) is 4.98 Å². The smallest absolute Gasteiger partial charge is 0.0832 e. The zero-order chi connectivity index (χ0) is 10.1. The van der Waals surface area contributed by atoms with Crippen LogP contribution in [0.1, 0.15) is 10.4 Å². The van der Waals surface area contributed by atoms with Gasteiger partial charge in [-0.25, -0.2) is 0 Å². The maximum absolute atomic E-state index is 5.65. The number of rotatable bonds is 1. The molecule has 0 saturated carbocycles. The van der Waals surface area contributed by atoms with Crippen LogP contribution in [0.25, 0.3) is 10.6 Å². The second-order valence-electron chi connectivity index (χ2n) is 3.34. The third kappa shape index (κ3) is 1.63. The molecule has 0 aliphatic heterocycles. The molecular weight excluding hydrogens is 192 g/mol. The van der Waals surface area contributed by atoms with Gasteiger partial charge in [-0.1, -0.05) is 0 Å². The van der Waals surface area contributed by atoms with Gasteiger partial charge in [-0.3, -0.25) is 4.98 Å². The van der Waals surface area contributed by atoms with E-state index in [1.165, 1.54) is 9.75 Å². The van der Waals surface area contributed by atoms with E-state index >= 15 is 0 Å². The highest BCUT2D eigenvalue weighted by molar-refractivity contribution is 7.15. The second-order valence-corrected chi connectivity index (χ2v) is 4.63. The summed E-state index contributed by atoms with van der Waals surface area (Å²) in [6.07, 6.45) is 1.71. The molecule has 72 valence electrons. The van der Waals surface area contributed by atoms with Crippen LogP contribution in [0.5, 0.6) is 0 Å². The van der Waals surface area contributed by atoms with Crippen LogP contribution in [-0.2, 0) is 0 Å². The van der Waals surface area contributed by atoms with E-state index in [1.54, 1.807) is 17.5 Å². The number of nitrogen functional groups attached to an aromatic ring is 1. The van der Waals surface area contributed by atoms with Crippen molar-refractivity contribution in [2.75, 3.05) is 5.73 Å². The zero-order valence-corrected chi connectivity index (χ0v) is 9.06. The van der Waals surface area contributed by atoms with Crippen molar-refractivity contribution in [3.8, 4) is 10.6 Å². The minimum atomic E-state index is 0.722. The van der Waals surface area contributed by atoms with E-state index in [-0.39, 0.29) is 0 Å². The summed E-state index contributed by atoms with van der Waals surface area (Å²) in [5, 5.41) is 0. The number of hydrogen-bond acceptors (Lipinski definition) is 3. The molecule has 0 aliphatic rings. The summed E-state index contributed by atoms with van der Waals surface area (Å²) in [5.74, 6) is 0. The van der Waals surface area contributed by atoms with Crippen LogP contribution in [0.15, 0.2) is 24.4 Å². The van der Waals surface area contributed by atoms with Crippen LogP contribution in [-0.4, -0.2) is 4.98 Å². The molecule has 0 aromatic carbocycles. The molecule has 0 amide bonds. The summed E-state index contributed by atoms with van der Waals surface area (Å²) in [5.41, 5.74) is 8.54. The van der Waals surface area contributed by atoms with Gasteiger partial charge >= 0.3 is 0 Å². The van der Waals surface area contributed by atoms with Gasteiger partial charge in [-0.15, -0.1) is 11.3 Å². The molecule has 0 unspecified atom stereocenters. The van der Waals surface area contributed by atoms with Crippen molar-refractivity contribution in [2.24, 2.45) is 0 Å². The van der Waals surface area contributed by atoms with Gasteiger partial charge in [0, 0.05) is 4.88 Å². The molecule has 0 radical (unpaired) electrons. The molecule has 2 aromatic heterocycles. The first-order chi connectivity index (χ1) is 6.66. The maximum Gasteiger partial charge on any atom is 0.0832 e. The van der Waals surface area contributed by atoms with Crippen molar-refractivity contribution in [1.29, 1.82) is 0 Å². The molecule has 0 fully saturated rings. The Hall–Kier alpha value is -1.35. The highest BCUT2D eigenvalue weighted by atomic mass is 32.1. The molecule has 0 atom stereocenters. The maximum atomic E-state index is 5.65. The van der Waals surface area contributed by atoms with Crippen molar-refractivity contribution < 1.29 is 0 Å². The van der Waals surface area contributed by atoms with Gasteiger partial charge in [-0.2, -0.15) is 0 Å². The normalized spacial score (nSPS) is 10.4. The molecule has 3 heteroatoms. The third-order valence-corrected chi connectivity index (χ3v) is 3.08. The highest BCUT2D eigenvalue weighted by Gasteiger charge is 2.05. The van der Waals surface area contributed by atoms with E-state index in [0.717, 1.165) is 16.9 Å². The fourth-order valence-electron chi connectivity index (χ4n) is 1.42. The van der Waals surface area contributed by atoms with Crippen molar-refractivity contribution in [3.05, 3.63) is 34.8 Å². The molecule has 2 aromatic rings. The van der Waals surface area contributed by atoms with Gasteiger partial charge in [0.2, 0.25) is 0 Å². The summed E-state index contributed by atoms with van der Waals surface area (Å²) < 4.78 is 0. The van der Waals surface area contributed by atoms with Crippen LogP contribution in [0.3, 0.4) is 0 Å². The molecule has 0 saturated heterocycles. The highest BCUT2D eigenvalue weighted by Crippen LogP contribution is 2.28. The first kappa shape index (κ1) is 9.21. The first-order valence-electron chi connectivity index (χ1n) is 4.46. The summed E-state index contributed by atoms with van der Waals surface area (Å²) in [6.45, 7) is 4.13. The van der Waals surface area contributed by atoms with Crippen molar-refractivity contribution in [2.45, 2.75) is 13.8 Å². The molecule has 2 rings (SSSR count). The molecule has 2 N–H and O–H groups in total. The summed E-state index contributed by atoms with van der Waals surface area (Å²) in [4.78, 5) is 6.86. The lowest BCUT2D eigenvalue weighted by Gasteiger charge is -2.02. The van der Waals surface area contributed by atoms with E-state index in [9.17, 15) is 0 Å². The van der Waals surface area contributed by atoms with Gasteiger partial charge in [0.1, 0.15) is 0 Å². The van der Waals surface area contributed by atoms with Gasteiger partial charge in [0.15, 0.2) is 0 Å². The van der Waals surface area contributed by atoms with Crippen LogP contribution in [0.2, 0.25) is 0 Å². The van der Waals surface area contributed by atoms with Gasteiger partial charge in [0.25, 0.3) is 0 Å². The fraction of sp³-hybridized carbons (Fsp3) is 0.182. The Balaban J connectivity index is 2.52. The number of anilines is 1. The molecule has 0 spiro atoms. The quantitative estimate of drug-likeness (QED) is 0.775. The second kappa shape index (κ2) is 3.42. The van der Waals surface area contributed by atoms with Crippen LogP contribution < -0.4 is 5.73 Å². The fourth-order valence-corrected chi connectivity index (χ4v) is 2.35. The summed E-state index contributed by atoms with van der Waals surface area (Å²) in [7, 11) is 0. The number of thiophene rings is 1. The predicted octanol–water partition coefficient (Wildman–Crippen LogP) is 3.01. The van der Waals surface area contributed by atoms with Gasteiger partial charge in [0.05, 0.1) is 22.5 Å². The monoisotopic (exact) mass is 204 g/mol. The predicted molar refractivity (Wildman–Crippen MR) is 61.4 cm³/mol. The lowest BCUT2D eigenvalue weighted by Crippen LogP contribution is -1.90. The number of aryl methyl sites for hydroxylation is 2. The van der Waals surface area contributed by atoms with Crippen LogP contribution in [0, 0.1) is 13.8 Å². The minimum absolute atomic E-state index is 0.722. The van der Waals surface area contributed by atoms with E-state index in [1.807, 2.05) is 13.0 Å². The average molecular weight is 204 g/mol. The Bertz CT molecular complexity index is 460. The van der Waals surface area contributed by atoms with Gasteiger partial charge in [-0.05, 0) is 37.6 Å². The number of aromatic nitrogens is 1.